The molecule has 1 saturated heterocycles. The van der Waals surface area contributed by atoms with E-state index in [4.69, 9.17) is 22.1 Å². The number of aliphatic hydroxyl groups is 3. The molecule has 1 unspecified atom stereocenters. The first-order valence-electron chi connectivity index (χ1n) is 6.05. The number of nitrogens with one attached hydrogen (secondary N) is 1. The van der Waals surface area contributed by atoms with Crippen molar-refractivity contribution in [3.05, 3.63) is 12.3 Å². The van der Waals surface area contributed by atoms with Crippen molar-refractivity contribution in [3.63, 3.8) is 0 Å². The molecule has 1 fully saturated rings. The van der Waals surface area contributed by atoms with E-state index in [1.807, 2.05) is 0 Å². The second-order valence-corrected chi connectivity index (χ2v) is 5.11. The maximum absolute atomic E-state index is 12.0. The van der Waals surface area contributed by atoms with Crippen molar-refractivity contribution in [2.45, 2.75) is 30.6 Å². The Morgan fingerprint density at radius 1 is 1.45 bits per heavy atom. The van der Waals surface area contributed by atoms with E-state index in [1.54, 1.807) is 12.3 Å². The van der Waals surface area contributed by atoms with Crippen molar-refractivity contribution in [1.82, 2.24) is 10.2 Å². The van der Waals surface area contributed by atoms with Crippen molar-refractivity contribution in [3.8, 4) is 0 Å². The zero-order chi connectivity index (χ0) is 14.4. The number of nitrogens with zero attached hydrogens (tertiary/aromatic N) is 2. The number of thiocarbonyl (C=S) groups is 1. The molecule has 0 aromatic rings. The molecular weight excluding hydrogens is 286 g/mol. The maximum atomic E-state index is 12.0. The number of hydrogen-bond donors (Lipinski definition) is 4. The number of rotatable bonds is 2. The smallest absolute Gasteiger partial charge is 0.351 e. The van der Waals surface area contributed by atoms with Gasteiger partial charge < -0.3 is 25.4 Å². The van der Waals surface area contributed by atoms with Crippen LogP contribution in [0.4, 0.5) is 4.79 Å². The van der Waals surface area contributed by atoms with Gasteiger partial charge in [0.2, 0.25) is 0 Å². The van der Waals surface area contributed by atoms with Gasteiger partial charge in [-0.25, -0.2) is 4.79 Å². The molecule has 3 aliphatic rings. The highest BCUT2D eigenvalue weighted by Crippen LogP contribution is 2.27. The van der Waals surface area contributed by atoms with Gasteiger partial charge >= 0.3 is 6.03 Å². The highest BCUT2D eigenvalue weighted by atomic mass is 32.1. The van der Waals surface area contributed by atoms with E-state index >= 15 is 0 Å². The van der Waals surface area contributed by atoms with Crippen LogP contribution in [-0.4, -0.2) is 74.1 Å². The van der Waals surface area contributed by atoms with E-state index in [1.165, 1.54) is 0 Å². The fraction of sp³-hybridized carbons (Fsp3) is 0.545. The number of urea groups is 1. The van der Waals surface area contributed by atoms with E-state index in [0.29, 0.717) is 5.71 Å². The number of fused-ring (bicyclic) bond motifs is 1. The number of amides is 2. The van der Waals surface area contributed by atoms with Gasteiger partial charge in [-0.2, -0.15) is 4.99 Å². The third-order valence-electron chi connectivity index (χ3n) is 3.50. The van der Waals surface area contributed by atoms with Crippen LogP contribution in [0.5, 0.6) is 0 Å². The third-order valence-corrected chi connectivity index (χ3v) is 3.93. The van der Waals surface area contributed by atoms with Gasteiger partial charge in [0.15, 0.2) is 6.23 Å². The van der Waals surface area contributed by atoms with Crippen molar-refractivity contribution in [1.29, 1.82) is 0 Å². The van der Waals surface area contributed by atoms with Crippen LogP contribution in [-0.2, 0) is 4.74 Å². The number of ether oxygens (including phenoxy) is 1. The molecule has 3 aliphatic heterocycles. The minimum atomic E-state index is -1.36. The van der Waals surface area contributed by atoms with Gasteiger partial charge in [-0.3, -0.25) is 4.90 Å². The summed E-state index contributed by atoms with van der Waals surface area (Å²) in [5, 5.41) is 31.7. The Bertz CT molecular complexity index is 522. The van der Waals surface area contributed by atoms with Crippen molar-refractivity contribution in [2.75, 3.05) is 6.61 Å². The highest BCUT2D eigenvalue weighted by molar-refractivity contribution is 7.80. The zero-order valence-electron chi connectivity index (χ0n) is 10.2. The lowest BCUT2D eigenvalue weighted by atomic mass is 10.1. The average molecular weight is 299 g/mol. The largest absolute Gasteiger partial charge is 0.394 e. The Morgan fingerprint density at radius 2 is 2.20 bits per heavy atom. The number of carbonyl (C=O) groups is 1. The minimum absolute atomic E-state index is 0.208. The predicted octanol–water partition coefficient (Wildman–Crippen LogP) is -1.89. The molecule has 3 heterocycles. The van der Waals surface area contributed by atoms with Crippen molar-refractivity contribution >= 4 is 28.9 Å². The molecule has 9 heteroatoms. The third kappa shape index (κ3) is 1.86. The molecule has 0 saturated carbocycles. The Balaban J connectivity index is 1.88. The first-order valence-corrected chi connectivity index (χ1v) is 6.46. The van der Waals surface area contributed by atoms with Crippen LogP contribution < -0.4 is 5.32 Å². The first kappa shape index (κ1) is 13.6. The molecule has 3 rings (SSSR count). The van der Waals surface area contributed by atoms with Crippen LogP contribution in [0.15, 0.2) is 17.3 Å². The van der Waals surface area contributed by atoms with Gasteiger partial charge in [-0.1, -0.05) is 12.2 Å². The summed E-state index contributed by atoms with van der Waals surface area (Å²) < 4.78 is 5.31. The monoisotopic (exact) mass is 299 g/mol. The summed E-state index contributed by atoms with van der Waals surface area (Å²) in [4.78, 5) is 17.1. The van der Waals surface area contributed by atoms with Crippen LogP contribution in [0.2, 0.25) is 0 Å². The zero-order valence-corrected chi connectivity index (χ0v) is 11.0. The van der Waals surface area contributed by atoms with Gasteiger partial charge in [0.1, 0.15) is 29.3 Å². The summed E-state index contributed by atoms with van der Waals surface area (Å²) in [6, 6.07) is -1.09. The Hall–Kier alpha value is -1.39. The number of carbonyl (C=O) groups excluding carboxylic acids is 1. The van der Waals surface area contributed by atoms with Crippen LogP contribution in [0.25, 0.3) is 0 Å². The average Bonchev–Trinajstić information content (AvgIpc) is 2.98. The van der Waals surface area contributed by atoms with Crippen molar-refractivity contribution in [2.24, 2.45) is 4.99 Å². The Morgan fingerprint density at radius 3 is 2.85 bits per heavy atom. The molecule has 4 N–H and O–H groups in total. The van der Waals surface area contributed by atoms with E-state index in [9.17, 15) is 15.0 Å². The van der Waals surface area contributed by atoms with E-state index < -0.39 is 43.2 Å². The predicted molar refractivity (Wildman–Crippen MR) is 71.1 cm³/mol. The number of hydrogen-bond acceptors (Lipinski definition) is 7. The summed E-state index contributed by atoms with van der Waals surface area (Å²) in [7, 11) is 0. The minimum Gasteiger partial charge on any atom is -0.394 e. The topological polar surface area (TPSA) is 115 Å². The van der Waals surface area contributed by atoms with Gasteiger partial charge in [0, 0.05) is 0 Å². The van der Waals surface area contributed by atoms with E-state index in [-0.39, 0.29) is 4.99 Å². The molecule has 0 aliphatic carbocycles. The van der Waals surface area contributed by atoms with E-state index in [2.05, 4.69) is 10.3 Å². The standard InChI is InChI=1S/C11H13N3O5S/c15-3-5-7(16)8(17)9(19-5)14-10(20)6-4(1-2-12-6)13-11(14)18/h1-2,5-9,12,15-17H,3H2/t5-,6?,7-,8-,9-/m1/s1. The quantitative estimate of drug-likeness (QED) is 0.441. The molecule has 5 atom stereocenters. The lowest BCUT2D eigenvalue weighted by Gasteiger charge is -2.34. The summed E-state index contributed by atoms with van der Waals surface area (Å²) in [6.45, 7) is -0.471. The molecule has 0 aromatic carbocycles. The first-order chi connectivity index (χ1) is 9.54. The van der Waals surface area contributed by atoms with Crippen LogP contribution in [0, 0.1) is 0 Å². The van der Waals surface area contributed by atoms with E-state index in [0.717, 1.165) is 4.90 Å². The Kier molecular flexibility index (Phi) is 3.30. The Labute approximate surface area is 119 Å². The van der Waals surface area contributed by atoms with Gasteiger partial charge in [-0.05, 0) is 12.3 Å². The second-order valence-electron chi connectivity index (χ2n) is 4.69. The summed E-state index contributed by atoms with van der Waals surface area (Å²) in [6.07, 6.45) is -1.51. The summed E-state index contributed by atoms with van der Waals surface area (Å²) >= 11 is 5.23. The van der Waals surface area contributed by atoms with Gasteiger partial charge in [-0.15, -0.1) is 0 Å². The van der Waals surface area contributed by atoms with Gasteiger partial charge in [0.05, 0.1) is 12.3 Å². The van der Waals surface area contributed by atoms with Crippen LogP contribution in [0.1, 0.15) is 0 Å². The molecule has 0 bridgehead atoms. The molecular formula is C11H13N3O5S. The fourth-order valence-electron chi connectivity index (χ4n) is 2.44. The molecule has 20 heavy (non-hydrogen) atoms. The number of aliphatic hydroxyl groups excluding tert-OH is 3. The van der Waals surface area contributed by atoms with Crippen LogP contribution >= 0.6 is 12.2 Å². The molecule has 0 spiro atoms. The maximum Gasteiger partial charge on any atom is 0.351 e. The second kappa shape index (κ2) is 4.86. The van der Waals surface area contributed by atoms with Crippen LogP contribution in [0.3, 0.4) is 0 Å². The molecule has 2 amide bonds. The normalized spacial score (nSPS) is 39.9. The molecule has 0 aromatic heterocycles. The van der Waals surface area contributed by atoms with Crippen molar-refractivity contribution < 1.29 is 24.9 Å². The summed E-state index contributed by atoms with van der Waals surface area (Å²) in [5.74, 6) is 0. The molecule has 108 valence electrons. The fourth-order valence-corrected chi connectivity index (χ4v) is 2.81. The molecule has 0 radical (unpaired) electrons. The highest BCUT2D eigenvalue weighted by Gasteiger charge is 2.50. The molecule has 8 nitrogen and oxygen atoms in total. The SMILES string of the molecule is O=C1N=C2C=CNC2C(=S)N1[C@@H]1O[C@H](CO)[C@@H](O)[C@H]1O. The summed E-state index contributed by atoms with van der Waals surface area (Å²) in [5.41, 5.74) is 0.503. The lowest BCUT2D eigenvalue weighted by molar-refractivity contribution is -0.0577. The lowest BCUT2D eigenvalue weighted by Crippen LogP contribution is -2.57. The van der Waals surface area contributed by atoms with Gasteiger partial charge in [0.25, 0.3) is 0 Å². The number of aliphatic imine (C=N–C) groups is 1.